The first-order valence-corrected chi connectivity index (χ1v) is 8.69. The van der Waals surface area contributed by atoms with Crippen LogP contribution in [0.15, 0.2) is 58.4 Å². The van der Waals surface area contributed by atoms with E-state index in [0.717, 1.165) is 14.8 Å². The van der Waals surface area contributed by atoms with Crippen molar-refractivity contribution in [2.45, 2.75) is 0 Å². The van der Waals surface area contributed by atoms with E-state index in [4.69, 9.17) is 11.6 Å². The van der Waals surface area contributed by atoms with Gasteiger partial charge in [0.1, 0.15) is 0 Å². The SMILES string of the molecule is O=C1NC(=Nc2ccccc2I)S/C1=C/c1ccccc1Cl. The number of para-hydroxylation sites is 1. The number of hydrogen-bond donors (Lipinski definition) is 1. The van der Waals surface area contributed by atoms with Gasteiger partial charge in [-0.25, -0.2) is 4.99 Å². The van der Waals surface area contributed by atoms with Crippen molar-refractivity contribution in [2.24, 2.45) is 4.99 Å². The zero-order valence-electron chi connectivity index (χ0n) is 11.2. The number of halogens is 2. The third-order valence-corrected chi connectivity index (χ3v) is 5.08. The van der Waals surface area contributed by atoms with Crippen LogP contribution in [0.2, 0.25) is 5.02 Å². The van der Waals surface area contributed by atoms with Crippen molar-refractivity contribution in [1.29, 1.82) is 0 Å². The van der Waals surface area contributed by atoms with Crippen LogP contribution in [0.4, 0.5) is 5.69 Å². The molecule has 6 heteroatoms. The summed E-state index contributed by atoms with van der Waals surface area (Å²) in [5.41, 5.74) is 1.65. The molecule has 0 bridgehead atoms. The molecular formula is C16H10ClIN2OS. The monoisotopic (exact) mass is 440 g/mol. The maximum absolute atomic E-state index is 12.0. The van der Waals surface area contributed by atoms with Crippen LogP contribution in [0, 0.1) is 3.57 Å². The van der Waals surface area contributed by atoms with Crippen LogP contribution in [0.25, 0.3) is 6.08 Å². The van der Waals surface area contributed by atoms with Crippen LogP contribution in [0.5, 0.6) is 0 Å². The number of benzene rings is 2. The predicted molar refractivity (Wildman–Crippen MR) is 101 cm³/mol. The summed E-state index contributed by atoms with van der Waals surface area (Å²) in [7, 11) is 0. The molecule has 1 saturated heterocycles. The van der Waals surface area contributed by atoms with E-state index in [1.54, 1.807) is 12.1 Å². The van der Waals surface area contributed by atoms with E-state index < -0.39 is 0 Å². The van der Waals surface area contributed by atoms with Crippen molar-refractivity contribution < 1.29 is 4.79 Å². The van der Waals surface area contributed by atoms with E-state index in [1.807, 2.05) is 42.5 Å². The number of nitrogens with one attached hydrogen (secondary N) is 1. The van der Waals surface area contributed by atoms with Crippen LogP contribution in [-0.2, 0) is 4.79 Å². The van der Waals surface area contributed by atoms with Crippen molar-refractivity contribution in [3.63, 3.8) is 0 Å². The highest BCUT2D eigenvalue weighted by atomic mass is 127. The Hall–Kier alpha value is -1.31. The summed E-state index contributed by atoms with van der Waals surface area (Å²) in [6.45, 7) is 0. The molecule has 1 fully saturated rings. The Morgan fingerprint density at radius 1 is 1.14 bits per heavy atom. The Morgan fingerprint density at radius 2 is 1.86 bits per heavy atom. The van der Waals surface area contributed by atoms with Crippen LogP contribution in [0.3, 0.4) is 0 Å². The lowest BCUT2D eigenvalue weighted by atomic mass is 10.2. The van der Waals surface area contributed by atoms with Gasteiger partial charge in [-0.2, -0.15) is 0 Å². The summed E-state index contributed by atoms with van der Waals surface area (Å²) in [6, 6.07) is 15.2. The largest absolute Gasteiger partial charge is 0.300 e. The fraction of sp³-hybridized carbons (Fsp3) is 0. The summed E-state index contributed by atoms with van der Waals surface area (Å²) < 4.78 is 1.03. The molecule has 0 unspecified atom stereocenters. The molecule has 22 heavy (non-hydrogen) atoms. The van der Waals surface area contributed by atoms with Gasteiger partial charge in [0.05, 0.1) is 10.6 Å². The van der Waals surface area contributed by atoms with Crippen molar-refractivity contribution in [3.8, 4) is 0 Å². The van der Waals surface area contributed by atoms with Crippen LogP contribution in [-0.4, -0.2) is 11.1 Å². The Labute approximate surface area is 151 Å². The molecule has 1 aliphatic rings. The molecule has 2 aromatic rings. The fourth-order valence-corrected chi connectivity index (χ4v) is 3.39. The number of amidine groups is 1. The Kier molecular flexibility index (Phi) is 4.85. The molecule has 0 spiro atoms. The molecule has 1 N–H and O–H groups in total. The summed E-state index contributed by atoms with van der Waals surface area (Å²) >= 11 is 9.65. The molecule has 1 aliphatic heterocycles. The van der Waals surface area contributed by atoms with E-state index in [-0.39, 0.29) is 5.91 Å². The van der Waals surface area contributed by atoms with Gasteiger partial charge in [-0.1, -0.05) is 41.9 Å². The van der Waals surface area contributed by atoms with Crippen molar-refractivity contribution >= 4 is 68.8 Å². The second-order valence-electron chi connectivity index (χ2n) is 4.45. The average Bonchev–Trinajstić information content (AvgIpc) is 2.84. The zero-order chi connectivity index (χ0) is 15.5. The van der Waals surface area contributed by atoms with Gasteiger partial charge in [0, 0.05) is 8.59 Å². The second-order valence-corrected chi connectivity index (χ2v) is 7.05. The van der Waals surface area contributed by atoms with E-state index in [1.165, 1.54) is 11.8 Å². The van der Waals surface area contributed by atoms with E-state index in [0.29, 0.717) is 15.1 Å². The van der Waals surface area contributed by atoms with Crippen LogP contribution >= 0.6 is 46.0 Å². The van der Waals surface area contributed by atoms with Crippen molar-refractivity contribution in [1.82, 2.24) is 5.32 Å². The molecule has 0 radical (unpaired) electrons. The van der Waals surface area contributed by atoms with Gasteiger partial charge in [-0.15, -0.1) is 0 Å². The Bertz CT molecular complexity index is 804. The summed E-state index contributed by atoms with van der Waals surface area (Å²) in [5.74, 6) is -0.158. The molecule has 0 saturated carbocycles. The normalized spacial score (nSPS) is 18.0. The molecule has 2 aromatic carbocycles. The molecular weight excluding hydrogens is 431 g/mol. The molecule has 0 aromatic heterocycles. The van der Waals surface area contributed by atoms with Gasteiger partial charge in [-0.3, -0.25) is 4.79 Å². The topological polar surface area (TPSA) is 41.5 Å². The maximum atomic E-state index is 12.0. The third kappa shape index (κ3) is 3.53. The lowest BCUT2D eigenvalue weighted by Gasteiger charge is -1.98. The average molecular weight is 441 g/mol. The third-order valence-electron chi connectivity index (χ3n) is 2.92. The number of amides is 1. The quantitative estimate of drug-likeness (QED) is 0.536. The second kappa shape index (κ2) is 6.85. The number of thioether (sulfide) groups is 1. The lowest BCUT2D eigenvalue weighted by molar-refractivity contribution is -0.115. The number of hydrogen-bond acceptors (Lipinski definition) is 3. The molecule has 1 amide bonds. The molecule has 0 aliphatic carbocycles. The number of rotatable bonds is 2. The highest BCUT2D eigenvalue weighted by Crippen LogP contribution is 2.30. The zero-order valence-corrected chi connectivity index (χ0v) is 14.9. The van der Waals surface area contributed by atoms with Crippen molar-refractivity contribution in [2.75, 3.05) is 0 Å². The highest BCUT2D eigenvalue weighted by Gasteiger charge is 2.24. The first kappa shape index (κ1) is 15.6. The van der Waals surface area contributed by atoms with Gasteiger partial charge in [0.25, 0.3) is 5.91 Å². The first-order valence-electron chi connectivity index (χ1n) is 6.42. The van der Waals surface area contributed by atoms with E-state index in [2.05, 4.69) is 32.9 Å². The van der Waals surface area contributed by atoms with Gasteiger partial charge in [0.15, 0.2) is 5.17 Å². The highest BCUT2D eigenvalue weighted by molar-refractivity contribution is 14.1. The lowest BCUT2D eigenvalue weighted by Crippen LogP contribution is -2.19. The Balaban J connectivity index is 1.88. The number of carbonyl (C=O) groups excluding carboxylic acids is 1. The van der Waals surface area contributed by atoms with Crippen LogP contribution < -0.4 is 5.32 Å². The minimum absolute atomic E-state index is 0.158. The van der Waals surface area contributed by atoms with Gasteiger partial charge in [0.2, 0.25) is 0 Å². The standard InChI is InChI=1S/C16H10ClIN2OS/c17-11-6-2-1-5-10(11)9-14-15(21)20-16(22-14)19-13-8-4-3-7-12(13)18/h1-9H,(H,19,20,21)/b14-9+. The minimum atomic E-state index is -0.158. The number of aliphatic imine (C=N–C) groups is 1. The van der Waals surface area contributed by atoms with E-state index >= 15 is 0 Å². The summed E-state index contributed by atoms with van der Waals surface area (Å²) in [5, 5.41) is 3.97. The smallest absolute Gasteiger partial charge is 0.264 e. The van der Waals surface area contributed by atoms with Gasteiger partial charge < -0.3 is 5.32 Å². The molecule has 110 valence electrons. The maximum Gasteiger partial charge on any atom is 0.264 e. The summed E-state index contributed by atoms with van der Waals surface area (Å²) in [4.78, 5) is 17.1. The van der Waals surface area contributed by atoms with Crippen LogP contribution in [0.1, 0.15) is 5.56 Å². The molecule has 1 heterocycles. The van der Waals surface area contributed by atoms with Gasteiger partial charge in [-0.05, 0) is 64.2 Å². The number of carbonyl (C=O) groups is 1. The Morgan fingerprint density at radius 3 is 2.64 bits per heavy atom. The number of nitrogens with zero attached hydrogens (tertiary/aromatic N) is 1. The summed E-state index contributed by atoms with van der Waals surface area (Å²) in [6.07, 6.45) is 1.78. The molecule has 3 nitrogen and oxygen atoms in total. The fourth-order valence-electron chi connectivity index (χ4n) is 1.87. The predicted octanol–water partition coefficient (Wildman–Crippen LogP) is 4.84. The van der Waals surface area contributed by atoms with Gasteiger partial charge >= 0.3 is 0 Å². The molecule has 0 atom stereocenters. The molecule has 3 rings (SSSR count). The van der Waals surface area contributed by atoms with E-state index in [9.17, 15) is 4.79 Å². The van der Waals surface area contributed by atoms with Crippen molar-refractivity contribution in [3.05, 3.63) is 67.6 Å². The first-order chi connectivity index (χ1) is 10.6. The minimum Gasteiger partial charge on any atom is -0.300 e.